The average Bonchev–Trinajstić information content (AvgIpc) is 3.33. The summed E-state index contributed by atoms with van der Waals surface area (Å²) in [6, 6.07) is 20.5. The van der Waals surface area contributed by atoms with Gasteiger partial charge in [-0.2, -0.15) is 4.98 Å². The van der Waals surface area contributed by atoms with Gasteiger partial charge < -0.3 is 9.42 Å². The quantitative estimate of drug-likeness (QED) is 0.461. The highest BCUT2D eigenvalue weighted by Gasteiger charge is 2.28. The zero-order chi connectivity index (χ0) is 22.9. The molecule has 0 bridgehead atoms. The first kappa shape index (κ1) is 21.1. The Hall–Kier alpha value is -3.74. The van der Waals surface area contributed by atoms with Crippen LogP contribution in [0.4, 0.5) is 6.01 Å². The van der Waals surface area contributed by atoms with Crippen molar-refractivity contribution < 1.29 is 4.52 Å². The van der Waals surface area contributed by atoms with Gasteiger partial charge in [-0.1, -0.05) is 79.7 Å². The van der Waals surface area contributed by atoms with E-state index in [9.17, 15) is 4.79 Å². The molecule has 33 heavy (non-hydrogen) atoms. The van der Waals surface area contributed by atoms with Gasteiger partial charge in [0.25, 0.3) is 5.56 Å². The van der Waals surface area contributed by atoms with Gasteiger partial charge in [0, 0.05) is 18.0 Å². The van der Waals surface area contributed by atoms with Crippen molar-refractivity contribution in [3.05, 3.63) is 105 Å². The molecule has 0 aliphatic carbocycles. The number of benzene rings is 2. The van der Waals surface area contributed by atoms with E-state index in [-0.39, 0.29) is 17.5 Å². The molecule has 5 rings (SSSR count). The molecule has 168 valence electrons. The standard InChI is InChI=1S/C26H27N5O2/c1-17(2)24-28-26(33-29-24)30-15-14-21-22(16-30)27-18(3)31(25(21)32)23(19-10-6-4-7-11-19)20-12-8-5-9-13-20/h4-13,17,23H,14-16H2,1-3H3. The first-order valence-electron chi connectivity index (χ1n) is 11.3. The predicted octanol–water partition coefficient (Wildman–Crippen LogP) is 4.26. The average molecular weight is 442 g/mol. The van der Waals surface area contributed by atoms with Crippen molar-refractivity contribution in [3.63, 3.8) is 0 Å². The Morgan fingerprint density at radius 3 is 2.15 bits per heavy atom. The summed E-state index contributed by atoms with van der Waals surface area (Å²) in [5.41, 5.74) is 3.67. The maximum Gasteiger partial charge on any atom is 0.324 e. The molecule has 3 heterocycles. The Labute approximate surface area is 192 Å². The van der Waals surface area contributed by atoms with Crippen LogP contribution in [-0.4, -0.2) is 26.2 Å². The van der Waals surface area contributed by atoms with Gasteiger partial charge in [0.15, 0.2) is 5.82 Å². The van der Waals surface area contributed by atoms with Gasteiger partial charge in [-0.3, -0.25) is 9.36 Å². The monoisotopic (exact) mass is 441 g/mol. The normalized spacial score (nSPS) is 13.5. The summed E-state index contributed by atoms with van der Waals surface area (Å²) in [5, 5.41) is 4.07. The molecule has 1 aliphatic rings. The lowest BCUT2D eigenvalue weighted by molar-refractivity contribution is 0.399. The summed E-state index contributed by atoms with van der Waals surface area (Å²) in [6.07, 6.45) is 0.580. The van der Waals surface area contributed by atoms with Crippen LogP contribution >= 0.6 is 0 Å². The Bertz CT molecular complexity index is 1270. The Morgan fingerprint density at radius 2 is 1.58 bits per heavy atom. The van der Waals surface area contributed by atoms with E-state index >= 15 is 0 Å². The smallest absolute Gasteiger partial charge is 0.318 e. The molecular weight excluding hydrogens is 414 g/mol. The van der Waals surface area contributed by atoms with Gasteiger partial charge in [0.2, 0.25) is 0 Å². The van der Waals surface area contributed by atoms with Crippen LogP contribution in [0.1, 0.15) is 59.8 Å². The van der Waals surface area contributed by atoms with Crippen LogP contribution in [0.25, 0.3) is 0 Å². The fourth-order valence-electron chi connectivity index (χ4n) is 4.44. The van der Waals surface area contributed by atoms with Crippen LogP contribution < -0.4 is 10.5 Å². The molecule has 2 aromatic heterocycles. The van der Waals surface area contributed by atoms with E-state index < -0.39 is 0 Å². The van der Waals surface area contributed by atoms with E-state index in [1.54, 1.807) is 0 Å². The fourth-order valence-corrected chi connectivity index (χ4v) is 4.44. The van der Waals surface area contributed by atoms with Crippen LogP contribution in [0.5, 0.6) is 0 Å². The van der Waals surface area contributed by atoms with E-state index in [2.05, 4.69) is 34.4 Å². The highest BCUT2D eigenvalue weighted by atomic mass is 16.5. The second kappa shape index (κ2) is 8.65. The molecule has 0 radical (unpaired) electrons. The van der Waals surface area contributed by atoms with Gasteiger partial charge in [0.1, 0.15) is 5.82 Å². The number of hydrogen-bond acceptors (Lipinski definition) is 6. The molecule has 0 atom stereocenters. The molecule has 0 spiro atoms. The zero-order valence-corrected chi connectivity index (χ0v) is 19.1. The summed E-state index contributed by atoms with van der Waals surface area (Å²) in [4.78, 5) is 25.2. The highest BCUT2D eigenvalue weighted by Crippen LogP contribution is 2.28. The van der Waals surface area contributed by atoms with Crippen LogP contribution in [0.3, 0.4) is 0 Å². The maximum atomic E-state index is 13.8. The second-order valence-corrected chi connectivity index (χ2v) is 8.74. The summed E-state index contributed by atoms with van der Waals surface area (Å²) in [7, 11) is 0. The van der Waals surface area contributed by atoms with Crippen LogP contribution in [0.2, 0.25) is 0 Å². The van der Waals surface area contributed by atoms with Gasteiger partial charge in [0.05, 0.1) is 18.3 Å². The summed E-state index contributed by atoms with van der Waals surface area (Å²) in [6.45, 7) is 7.08. The molecule has 2 aromatic carbocycles. The molecule has 0 saturated carbocycles. The number of rotatable bonds is 5. The lowest BCUT2D eigenvalue weighted by Gasteiger charge is -2.29. The van der Waals surface area contributed by atoms with Crippen molar-refractivity contribution in [2.24, 2.45) is 0 Å². The van der Waals surface area contributed by atoms with E-state index in [1.165, 1.54) is 0 Å². The van der Waals surface area contributed by atoms with Gasteiger partial charge in [-0.05, 0) is 24.5 Å². The number of anilines is 1. The number of fused-ring (bicyclic) bond motifs is 1. The summed E-state index contributed by atoms with van der Waals surface area (Å²) >= 11 is 0. The van der Waals surface area contributed by atoms with E-state index in [0.29, 0.717) is 37.2 Å². The van der Waals surface area contributed by atoms with Crippen molar-refractivity contribution in [3.8, 4) is 0 Å². The maximum absolute atomic E-state index is 13.8. The van der Waals surface area contributed by atoms with Gasteiger partial charge >= 0.3 is 6.01 Å². The zero-order valence-electron chi connectivity index (χ0n) is 19.1. The minimum Gasteiger partial charge on any atom is -0.318 e. The molecule has 4 aromatic rings. The molecular formula is C26H27N5O2. The summed E-state index contributed by atoms with van der Waals surface area (Å²) < 4.78 is 7.31. The first-order chi connectivity index (χ1) is 16.0. The van der Waals surface area contributed by atoms with Gasteiger partial charge in [-0.25, -0.2) is 4.98 Å². The topological polar surface area (TPSA) is 77.1 Å². The van der Waals surface area contributed by atoms with Gasteiger partial charge in [-0.15, -0.1) is 0 Å². The minimum atomic E-state index is -0.236. The third kappa shape index (κ3) is 3.95. The molecule has 0 unspecified atom stereocenters. The van der Waals surface area contributed by atoms with Crippen molar-refractivity contribution >= 4 is 6.01 Å². The first-order valence-corrected chi connectivity index (χ1v) is 11.3. The molecule has 1 aliphatic heterocycles. The fraction of sp³-hybridized carbons (Fsp3) is 0.308. The SMILES string of the molecule is Cc1nc2c(c(=O)n1C(c1ccccc1)c1ccccc1)CCN(c1nc(C(C)C)no1)C2. The predicted molar refractivity (Wildman–Crippen MR) is 127 cm³/mol. The molecule has 0 amide bonds. The largest absolute Gasteiger partial charge is 0.324 e. The Morgan fingerprint density at radius 1 is 0.939 bits per heavy atom. The Balaban J connectivity index is 1.56. The third-order valence-electron chi connectivity index (χ3n) is 6.15. The van der Waals surface area contributed by atoms with Crippen molar-refractivity contribution in [1.82, 2.24) is 19.7 Å². The van der Waals surface area contributed by atoms with Crippen LogP contribution in [0.15, 0.2) is 70.0 Å². The minimum absolute atomic E-state index is 0.0169. The molecule has 0 fully saturated rings. The molecule has 0 saturated heterocycles. The van der Waals surface area contributed by atoms with Crippen molar-refractivity contribution in [2.45, 2.75) is 45.7 Å². The number of aromatic nitrogens is 4. The molecule has 7 heteroatoms. The number of aryl methyl sites for hydroxylation is 1. The highest BCUT2D eigenvalue weighted by molar-refractivity contribution is 5.37. The lowest BCUT2D eigenvalue weighted by atomic mass is 9.97. The molecule has 7 nitrogen and oxygen atoms in total. The van der Waals surface area contributed by atoms with E-state index in [0.717, 1.165) is 22.4 Å². The third-order valence-corrected chi connectivity index (χ3v) is 6.15. The summed E-state index contributed by atoms with van der Waals surface area (Å²) in [5.74, 6) is 1.57. The van der Waals surface area contributed by atoms with E-state index in [4.69, 9.17) is 9.51 Å². The lowest BCUT2D eigenvalue weighted by Crippen LogP contribution is -2.40. The van der Waals surface area contributed by atoms with Crippen LogP contribution in [-0.2, 0) is 13.0 Å². The van der Waals surface area contributed by atoms with E-state index in [1.807, 2.05) is 66.6 Å². The number of nitrogens with zero attached hydrogens (tertiary/aromatic N) is 5. The Kier molecular flexibility index (Phi) is 5.54. The molecule has 0 N–H and O–H groups in total. The van der Waals surface area contributed by atoms with Crippen molar-refractivity contribution in [1.29, 1.82) is 0 Å². The van der Waals surface area contributed by atoms with Crippen LogP contribution in [0, 0.1) is 6.92 Å². The second-order valence-electron chi connectivity index (χ2n) is 8.74. The van der Waals surface area contributed by atoms with Crippen molar-refractivity contribution in [2.75, 3.05) is 11.4 Å². The number of hydrogen-bond donors (Lipinski definition) is 0.